The summed E-state index contributed by atoms with van der Waals surface area (Å²) in [7, 11) is 0. The van der Waals surface area contributed by atoms with E-state index in [0.29, 0.717) is 17.8 Å². The minimum Gasteiger partial charge on any atom is -0.480 e. The van der Waals surface area contributed by atoms with Gasteiger partial charge in [-0.3, -0.25) is 4.79 Å². The Hall–Kier alpha value is -1.66. The quantitative estimate of drug-likeness (QED) is 0.868. The van der Waals surface area contributed by atoms with Crippen molar-refractivity contribution in [3.8, 4) is 0 Å². The Balaban J connectivity index is 2.01. The minimum atomic E-state index is -0.969. The summed E-state index contributed by atoms with van der Waals surface area (Å²) in [5, 5.41) is 11.4. The summed E-state index contributed by atoms with van der Waals surface area (Å²) in [6.07, 6.45) is 0.322. The van der Waals surface area contributed by atoms with E-state index in [4.69, 9.17) is 0 Å². The summed E-state index contributed by atoms with van der Waals surface area (Å²) in [4.78, 5) is 26.5. The number of carboxylic acid groups (broad SMARTS) is 1. The molecule has 114 valence electrons. The number of carbonyl (C=O) groups is 2. The molecule has 1 aromatic carbocycles. The second-order valence-corrected chi connectivity index (χ2v) is 7.07. The third kappa shape index (κ3) is 2.57. The van der Waals surface area contributed by atoms with Gasteiger partial charge >= 0.3 is 5.97 Å². The second kappa shape index (κ2) is 5.85. The largest absolute Gasteiger partial charge is 0.480 e. The molecule has 2 heterocycles. The number of hydrogen-bond acceptors (Lipinski definition) is 3. The van der Waals surface area contributed by atoms with Gasteiger partial charge in [0.2, 0.25) is 0 Å². The van der Waals surface area contributed by atoms with Crippen LogP contribution in [0.3, 0.4) is 0 Å². The molecule has 4 nitrogen and oxygen atoms in total. The Morgan fingerprint density at radius 2 is 2.14 bits per heavy atom. The number of amides is 1. The van der Waals surface area contributed by atoms with Gasteiger partial charge in [-0.15, -0.1) is 11.3 Å². The van der Waals surface area contributed by atoms with Crippen molar-refractivity contribution >= 4 is 39.1 Å². The summed E-state index contributed by atoms with van der Waals surface area (Å²) in [6, 6.07) is 6.80. The molecule has 0 spiro atoms. The van der Waals surface area contributed by atoms with E-state index in [1.165, 1.54) is 16.2 Å². The van der Waals surface area contributed by atoms with Gasteiger partial charge in [0.1, 0.15) is 6.04 Å². The number of nitrogens with zero attached hydrogens (tertiary/aromatic N) is 1. The van der Waals surface area contributed by atoms with E-state index in [9.17, 15) is 14.7 Å². The number of carbonyl (C=O) groups excluding carboxylic acids is 1. The highest BCUT2D eigenvalue weighted by Gasteiger charge is 2.36. The molecule has 1 atom stereocenters. The van der Waals surface area contributed by atoms with Gasteiger partial charge in [-0.05, 0) is 41.1 Å². The highest BCUT2D eigenvalue weighted by atomic mass is 79.9. The van der Waals surface area contributed by atoms with Crippen LogP contribution in [0.25, 0.3) is 0 Å². The average Bonchev–Trinajstić information content (AvgIpc) is 2.91. The molecule has 22 heavy (non-hydrogen) atoms. The van der Waals surface area contributed by atoms with Crippen LogP contribution in [0, 0.1) is 6.92 Å². The molecule has 0 fully saturated rings. The molecule has 1 unspecified atom stereocenters. The highest BCUT2D eigenvalue weighted by molar-refractivity contribution is 9.10. The lowest BCUT2D eigenvalue weighted by atomic mass is 9.93. The summed E-state index contributed by atoms with van der Waals surface area (Å²) in [6.45, 7) is 2.19. The van der Waals surface area contributed by atoms with Gasteiger partial charge < -0.3 is 10.0 Å². The molecule has 1 aliphatic heterocycles. The van der Waals surface area contributed by atoms with Crippen molar-refractivity contribution < 1.29 is 14.7 Å². The van der Waals surface area contributed by atoms with Crippen LogP contribution in [-0.2, 0) is 17.8 Å². The fraction of sp³-hybridized carbons (Fsp3) is 0.250. The molecule has 0 saturated heterocycles. The molecule has 2 aromatic rings. The number of aliphatic carboxylic acids is 1. The van der Waals surface area contributed by atoms with Crippen molar-refractivity contribution in [1.82, 2.24) is 4.90 Å². The lowest BCUT2D eigenvalue weighted by molar-refractivity contribution is -0.142. The lowest BCUT2D eigenvalue weighted by Crippen LogP contribution is -2.48. The van der Waals surface area contributed by atoms with E-state index < -0.39 is 12.0 Å². The van der Waals surface area contributed by atoms with Crippen molar-refractivity contribution in [2.75, 3.05) is 0 Å². The zero-order chi connectivity index (χ0) is 15.9. The third-order valence-corrected chi connectivity index (χ3v) is 5.68. The Bertz CT molecular complexity index is 756. The molecule has 6 heteroatoms. The summed E-state index contributed by atoms with van der Waals surface area (Å²) in [5.41, 5.74) is 2.86. The van der Waals surface area contributed by atoms with Crippen LogP contribution >= 0.6 is 27.3 Å². The smallest absolute Gasteiger partial charge is 0.326 e. The first-order valence-corrected chi connectivity index (χ1v) is 8.50. The Kier molecular flexibility index (Phi) is 4.06. The molecule has 1 amide bonds. The Labute approximate surface area is 140 Å². The first-order valence-electron chi connectivity index (χ1n) is 6.83. The number of benzene rings is 1. The molecule has 0 radical (unpaired) electrons. The van der Waals surface area contributed by atoms with Crippen LogP contribution < -0.4 is 0 Å². The van der Waals surface area contributed by atoms with E-state index in [1.807, 2.05) is 36.6 Å². The van der Waals surface area contributed by atoms with Gasteiger partial charge in [0.05, 0.1) is 4.88 Å². The zero-order valence-corrected chi connectivity index (χ0v) is 14.3. The SMILES string of the molecule is Cc1ccsc1C(=O)N1Cc2cccc(Br)c2CC1C(=O)O. The van der Waals surface area contributed by atoms with Crippen LogP contribution in [0.15, 0.2) is 34.1 Å². The van der Waals surface area contributed by atoms with Crippen molar-refractivity contribution in [2.45, 2.75) is 25.9 Å². The van der Waals surface area contributed by atoms with Crippen molar-refractivity contribution in [3.05, 3.63) is 55.7 Å². The van der Waals surface area contributed by atoms with Gasteiger partial charge in [-0.2, -0.15) is 0 Å². The van der Waals surface area contributed by atoms with E-state index in [1.54, 1.807) is 0 Å². The minimum absolute atomic E-state index is 0.203. The topological polar surface area (TPSA) is 57.6 Å². The van der Waals surface area contributed by atoms with E-state index in [2.05, 4.69) is 15.9 Å². The monoisotopic (exact) mass is 379 g/mol. The van der Waals surface area contributed by atoms with Crippen LogP contribution in [0.1, 0.15) is 26.4 Å². The number of aryl methyl sites for hydroxylation is 1. The highest BCUT2D eigenvalue weighted by Crippen LogP contribution is 2.31. The molecule has 1 aromatic heterocycles. The zero-order valence-electron chi connectivity index (χ0n) is 11.9. The molecule has 1 N–H and O–H groups in total. The third-order valence-electron chi connectivity index (χ3n) is 3.93. The maximum Gasteiger partial charge on any atom is 0.326 e. The van der Waals surface area contributed by atoms with E-state index in [0.717, 1.165) is 21.2 Å². The number of fused-ring (bicyclic) bond motifs is 1. The summed E-state index contributed by atoms with van der Waals surface area (Å²) < 4.78 is 0.899. The normalized spacial score (nSPS) is 17.2. The van der Waals surface area contributed by atoms with Gasteiger partial charge in [0.15, 0.2) is 0 Å². The van der Waals surface area contributed by atoms with Crippen LogP contribution in [0.5, 0.6) is 0 Å². The Morgan fingerprint density at radius 1 is 1.36 bits per heavy atom. The fourth-order valence-corrected chi connectivity index (χ4v) is 4.18. The molecule has 1 aliphatic rings. The van der Waals surface area contributed by atoms with Crippen molar-refractivity contribution in [3.63, 3.8) is 0 Å². The van der Waals surface area contributed by atoms with E-state index in [-0.39, 0.29) is 5.91 Å². The van der Waals surface area contributed by atoms with Crippen LogP contribution in [-0.4, -0.2) is 27.9 Å². The molecule has 0 saturated carbocycles. The van der Waals surface area contributed by atoms with Crippen LogP contribution in [0.2, 0.25) is 0 Å². The van der Waals surface area contributed by atoms with E-state index >= 15 is 0 Å². The predicted octanol–water partition coefficient (Wildman–Crippen LogP) is 3.47. The lowest BCUT2D eigenvalue weighted by Gasteiger charge is -2.34. The molecule has 3 rings (SSSR count). The van der Waals surface area contributed by atoms with Gasteiger partial charge in [-0.1, -0.05) is 28.1 Å². The number of halogens is 1. The van der Waals surface area contributed by atoms with Crippen molar-refractivity contribution in [1.29, 1.82) is 0 Å². The molecule has 0 aliphatic carbocycles. The predicted molar refractivity (Wildman–Crippen MR) is 88.2 cm³/mol. The average molecular weight is 380 g/mol. The number of hydrogen-bond donors (Lipinski definition) is 1. The molecular formula is C16H14BrNO3S. The Morgan fingerprint density at radius 3 is 2.77 bits per heavy atom. The van der Waals surface area contributed by atoms with Gasteiger partial charge in [0.25, 0.3) is 5.91 Å². The molecular weight excluding hydrogens is 366 g/mol. The maximum atomic E-state index is 12.8. The summed E-state index contributed by atoms with van der Waals surface area (Å²) in [5.74, 6) is -1.17. The van der Waals surface area contributed by atoms with Gasteiger partial charge in [0, 0.05) is 17.4 Å². The number of carboxylic acids is 1. The maximum absolute atomic E-state index is 12.8. The fourth-order valence-electron chi connectivity index (χ4n) is 2.73. The van der Waals surface area contributed by atoms with Crippen LogP contribution in [0.4, 0.5) is 0 Å². The van der Waals surface area contributed by atoms with Crippen molar-refractivity contribution in [2.24, 2.45) is 0 Å². The molecule has 0 bridgehead atoms. The first kappa shape index (κ1) is 15.2. The summed E-state index contributed by atoms with van der Waals surface area (Å²) >= 11 is 4.83. The number of rotatable bonds is 2. The van der Waals surface area contributed by atoms with Gasteiger partial charge in [-0.25, -0.2) is 4.79 Å². The second-order valence-electron chi connectivity index (χ2n) is 5.30. The number of thiophene rings is 1. The first-order chi connectivity index (χ1) is 10.5. The standard InChI is InChI=1S/C16H14BrNO3S/c1-9-5-6-22-14(9)15(19)18-8-10-3-2-4-12(17)11(10)7-13(18)16(20)21/h2-6,13H,7-8H2,1H3,(H,20,21).